The number of hydrogen-bond donors (Lipinski definition) is 1. The molecule has 0 fully saturated rings. The van der Waals surface area contributed by atoms with Crippen molar-refractivity contribution in [3.63, 3.8) is 0 Å². The van der Waals surface area contributed by atoms with Gasteiger partial charge in [-0.1, -0.05) is 53.7 Å². The lowest BCUT2D eigenvalue weighted by molar-refractivity contribution is -0.147. The van der Waals surface area contributed by atoms with Crippen molar-refractivity contribution in [1.29, 1.82) is 0 Å². The third kappa shape index (κ3) is 4.66. The van der Waals surface area contributed by atoms with Gasteiger partial charge in [0.05, 0.1) is 10.9 Å². The van der Waals surface area contributed by atoms with E-state index in [9.17, 15) is 9.90 Å². The number of carboxylic acid groups (broad SMARTS) is 1. The minimum atomic E-state index is -1.02. The predicted molar refractivity (Wildman–Crippen MR) is 147 cm³/mol. The molecule has 0 radical (unpaired) electrons. The first-order chi connectivity index (χ1) is 17.7. The van der Waals surface area contributed by atoms with Gasteiger partial charge in [0.15, 0.2) is 0 Å². The van der Waals surface area contributed by atoms with E-state index >= 15 is 0 Å². The monoisotopic (exact) mass is 496 g/mol. The number of fused-ring (bicyclic) bond motifs is 2. The molecule has 3 aromatic carbocycles. The molecule has 0 bridgehead atoms. The minimum Gasteiger partial charge on any atom is -0.481 e. The van der Waals surface area contributed by atoms with E-state index in [1.165, 1.54) is 22.3 Å². The van der Waals surface area contributed by atoms with Crippen LogP contribution in [-0.4, -0.2) is 37.5 Å². The first-order valence-electron chi connectivity index (χ1n) is 13.1. The summed E-state index contributed by atoms with van der Waals surface area (Å²) in [7, 11) is 1.88. The molecule has 6 nitrogen and oxygen atoms in total. The Labute approximate surface area is 218 Å². The average Bonchev–Trinajstić information content (AvgIpc) is 3.12. The van der Waals surface area contributed by atoms with Crippen molar-refractivity contribution < 1.29 is 9.90 Å². The SMILES string of the molecule is Cc1ccc(C(c2ccc3c(nnn3C)c2C)C(C)(C)C(=O)O)cc1CN1CCCc2ccccc2C1. The molecule has 0 spiro atoms. The number of aliphatic carboxylic acids is 1. The topological polar surface area (TPSA) is 71.2 Å². The molecule has 1 aliphatic heterocycles. The Morgan fingerprint density at radius 3 is 2.59 bits per heavy atom. The summed E-state index contributed by atoms with van der Waals surface area (Å²) in [4.78, 5) is 15.1. The predicted octanol–water partition coefficient (Wildman–Crippen LogP) is 5.78. The lowest BCUT2D eigenvalue weighted by Gasteiger charge is -2.33. The van der Waals surface area contributed by atoms with Crippen LogP contribution in [-0.2, 0) is 31.4 Å². The first kappa shape index (κ1) is 25.2. The highest BCUT2D eigenvalue weighted by molar-refractivity contribution is 5.81. The smallest absolute Gasteiger partial charge is 0.310 e. The Hall–Kier alpha value is -3.51. The lowest BCUT2D eigenvalue weighted by atomic mass is 9.69. The Morgan fingerprint density at radius 2 is 1.84 bits per heavy atom. The van der Waals surface area contributed by atoms with E-state index in [4.69, 9.17) is 0 Å². The van der Waals surface area contributed by atoms with Crippen LogP contribution in [0.1, 0.15) is 65.1 Å². The van der Waals surface area contributed by atoms with Gasteiger partial charge in [-0.15, -0.1) is 5.10 Å². The molecule has 5 rings (SSSR count). The van der Waals surface area contributed by atoms with Crippen LogP contribution in [0.15, 0.2) is 54.6 Å². The van der Waals surface area contributed by atoms with Crippen molar-refractivity contribution in [2.45, 2.75) is 59.5 Å². The molecule has 1 atom stereocenters. The normalized spacial score (nSPS) is 15.4. The highest BCUT2D eigenvalue weighted by Crippen LogP contribution is 2.44. The Bertz CT molecular complexity index is 1470. The van der Waals surface area contributed by atoms with Crippen LogP contribution < -0.4 is 0 Å². The second-order valence-corrected chi connectivity index (χ2v) is 11.1. The lowest BCUT2D eigenvalue weighted by Crippen LogP contribution is -2.32. The third-order valence-electron chi connectivity index (χ3n) is 8.20. The maximum Gasteiger partial charge on any atom is 0.310 e. The van der Waals surface area contributed by atoms with E-state index in [-0.39, 0.29) is 5.92 Å². The van der Waals surface area contributed by atoms with Crippen LogP contribution in [0.4, 0.5) is 0 Å². The number of nitrogens with zero attached hydrogens (tertiary/aromatic N) is 4. The van der Waals surface area contributed by atoms with Gasteiger partial charge in [0, 0.05) is 26.1 Å². The Kier molecular flexibility index (Phi) is 6.63. The number of hydrogen-bond acceptors (Lipinski definition) is 4. The molecule has 4 aromatic rings. The van der Waals surface area contributed by atoms with Crippen molar-refractivity contribution in [2.75, 3.05) is 6.54 Å². The Morgan fingerprint density at radius 1 is 1.08 bits per heavy atom. The number of aryl methyl sites for hydroxylation is 4. The minimum absolute atomic E-state index is 0.333. The molecule has 1 unspecified atom stereocenters. The zero-order chi connectivity index (χ0) is 26.3. The number of aromatic nitrogens is 3. The summed E-state index contributed by atoms with van der Waals surface area (Å²) < 4.78 is 1.76. The molecule has 0 amide bonds. The molecular weight excluding hydrogens is 460 g/mol. The van der Waals surface area contributed by atoms with Crippen LogP contribution in [0.2, 0.25) is 0 Å². The highest BCUT2D eigenvalue weighted by atomic mass is 16.4. The number of rotatable bonds is 6. The summed E-state index contributed by atoms with van der Waals surface area (Å²) in [5.74, 6) is -1.15. The number of carboxylic acids is 1. The van der Waals surface area contributed by atoms with Crippen molar-refractivity contribution >= 4 is 17.0 Å². The Balaban J connectivity index is 1.55. The maximum absolute atomic E-state index is 12.6. The van der Waals surface area contributed by atoms with E-state index in [0.29, 0.717) is 0 Å². The molecule has 0 saturated heterocycles. The molecule has 1 aromatic heterocycles. The molecule has 0 aliphatic carbocycles. The van der Waals surface area contributed by atoms with Gasteiger partial charge in [0.2, 0.25) is 0 Å². The standard InChI is InChI=1S/C31H36N4O2/c1-20-12-13-23(17-25(20)19-35-16-8-11-22-9-6-7-10-24(22)18-35)28(31(3,4)30(36)37)26-14-15-27-29(21(26)2)32-33-34(27)5/h6-7,9-10,12-15,17,28H,8,11,16,18-19H2,1-5H3,(H,36,37). The summed E-state index contributed by atoms with van der Waals surface area (Å²) in [6, 6.07) is 19.3. The van der Waals surface area contributed by atoms with Crippen LogP contribution in [0.25, 0.3) is 11.0 Å². The zero-order valence-corrected chi connectivity index (χ0v) is 22.5. The molecule has 37 heavy (non-hydrogen) atoms. The van der Waals surface area contributed by atoms with Crippen LogP contribution in [0, 0.1) is 19.3 Å². The fourth-order valence-electron chi connectivity index (χ4n) is 5.86. The van der Waals surface area contributed by atoms with Gasteiger partial charge in [-0.3, -0.25) is 9.69 Å². The van der Waals surface area contributed by atoms with Gasteiger partial charge in [0.25, 0.3) is 0 Å². The van der Waals surface area contributed by atoms with Gasteiger partial charge in [0.1, 0.15) is 5.52 Å². The van der Waals surface area contributed by atoms with Gasteiger partial charge in [-0.2, -0.15) is 0 Å². The molecule has 1 N–H and O–H groups in total. The highest BCUT2D eigenvalue weighted by Gasteiger charge is 2.40. The zero-order valence-electron chi connectivity index (χ0n) is 22.5. The second-order valence-electron chi connectivity index (χ2n) is 11.1. The molecule has 2 heterocycles. The molecule has 0 saturated carbocycles. The summed E-state index contributed by atoms with van der Waals surface area (Å²) in [5.41, 5.74) is 9.08. The average molecular weight is 497 g/mol. The second kappa shape index (κ2) is 9.75. The van der Waals surface area contributed by atoms with Crippen LogP contribution in [0.3, 0.4) is 0 Å². The maximum atomic E-state index is 12.6. The van der Waals surface area contributed by atoms with Crippen molar-refractivity contribution in [2.24, 2.45) is 12.5 Å². The van der Waals surface area contributed by atoms with Crippen molar-refractivity contribution in [3.8, 4) is 0 Å². The van der Waals surface area contributed by atoms with E-state index < -0.39 is 11.4 Å². The van der Waals surface area contributed by atoms with Gasteiger partial charge >= 0.3 is 5.97 Å². The van der Waals surface area contributed by atoms with E-state index in [1.54, 1.807) is 4.68 Å². The third-order valence-corrected chi connectivity index (χ3v) is 8.20. The molecule has 6 heteroatoms. The summed E-state index contributed by atoms with van der Waals surface area (Å²) >= 11 is 0. The van der Waals surface area contributed by atoms with E-state index in [0.717, 1.165) is 60.2 Å². The summed E-state index contributed by atoms with van der Waals surface area (Å²) in [6.07, 6.45) is 2.26. The van der Waals surface area contributed by atoms with Gasteiger partial charge < -0.3 is 5.11 Å². The summed E-state index contributed by atoms with van der Waals surface area (Å²) in [5, 5.41) is 18.9. The summed E-state index contributed by atoms with van der Waals surface area (Å²) in [6.45, 7) is 10.7. The first-order valence-corrected chi connectivity index (χ1v) is 13.1. The van der Waals surface area contributed by atoms with E-state index in [2.05, 4.69) is 70.7 Å². The van der Waals surface area contributed by atoms with Crippen molar-refractivity contribution in [1.82, 2.24) is 19.9 Å². The van der Waals surface area contributed by atoms with Gasteiger partial charge in [-0.05, 0) is 92.1 Å². The van der Waals surface area contributed by atoms with E-state index in [1.807, 2.05) is 33.9 Å². The van der Waals surface area contributed by atoms with Gasteiger partial charge in [-0.25, -0.2) is 4.68 Å². The molecule has 192 valence electrons. The number of benzene rings is 3. The van der Waals surface area contributed by atoms with Crippen molar-refractivity contribution in [3.05, 3.63) is 93.5 Å². The number of carbonyl (C=O) groups is 1. The van der Waals surface area contributed by atoms with Crippen LogP contribution >= 0.6 is 0 Å². The fraction of sp³-hybridized carbons (Fsp3) is 0.387. The molecule has 1 aliphatic rings. The quantitative estimate of drug-likeness (QED) is 0.367. The largest absolute Gasteiger partial charge is 0.481 e. The molecular formula is C31H36N4O2. The van der Waals surface area contributed by atoms with Crippen LogP contribution in [0.5, 0.6) is 0 Å². The fourth-order valence-corrected chi connectivity index (χ4v) is 5.86.